The molecule has 7 nitrogen and oxygen atoms in total. The Balaban J connectivity index is 2.44. The number of ether oxygens (including phenoxy) is 1. The van der Waals surface area contributed by atoms with Crippen LogP contribution in [0.25, 0.3) is 0 Å². The highest BCUT2D eigenvalue weighted by Crippen LogP contribution is 2.15. The van der Waals surface area contributed by atoms with Crippen molar-refractivity contribution >= 4 is 15.9 Å². The van der Waals surface area contributed by atoms with Crippen LogP contribution in [0.5, 0.6) is 5.75 Å². The van der Waals surface area contributed by atoms with E-state index in [1.165, 1.54) is 12.1 Å². The molecule has 0 aliphatic heterocycles. The zero-order chi connectivity index (χ0) is 17.3. The number of benzene rings is 1. The minimum Gasteiger partial charge on any atom is -0.494 e. The molecular weight excluding hydrogens is 318 g/mol. The molecule has 0 bridgehead atoms. The molecule has 0 radical (unpaired) electrons. The topological polar surface area (TPSA) is 87.7 Å². The lowest BCUT2D eigenvalue weighted by Gasteiger charge is -2.11. The van der Waals surface area contributed by atoms with E-state index in [1.54, 1.807) is 12.1 Å². The van der Waals surface area contributed by atoms with Crippen molar-refractivity contribution in [3.63, 3.8) is 0 Å². The molecule has 0 atom stereocenters. The number of carbonyl (C=O) groups excluding carboxylic acids is 1. The van der Waals surface area contributed by atoms with E-state index in [0.717, 1.165) is 13.0 Å². The number of hydrogen-bond donors (Lipinski definition) is 2. The molecule has 0 aromatic heterocycles. The van der Waals surface area contributed by atoms with Crippen molar-refractivity contribution in [3.8, 4) is 5.75 Å². The van der Waals surface area contributed by atoms with Gasteiger partial charge in [-0.2, -0.15) is 0 Å². The highest BCUT2D eigenvalue weighted by Gasteiger charge is 2.15. The normalized spacial score (nSPS) is 11.5. The van der Waals surface area contributed by atoms with Crippen LogP contribution < -0.4 is 14.8 Å². The van der Waals surface area contributed by atoms with Crippen molar-refractivity contribution in [3.05, 3.63) is 24.3 Å². The molecule has 0 spiro atoms. The van der Waals surface area contributed by atoms with Crippen LogP contribution in [0.1, 0.15) is 13.3 Å². The summed E-state index contributed by atoms with van der Waals surface area (Å²) in [4.78, 5) is 13.7. The Morgan fingerprint density at radius 2 is 1.87 bits per heavy atom. The number of hydrogen-bond acceptors (Lipinski definition) is 5. The van der Waals surface area contributed by atoms with Crippen LogP contribution in [-0.2, 0) is 14.8 Å². The Morgan fingerprint density at radius 1 is 1.22 bits per heavy atom. The van der Waals surface area contributed by atoms with E-state index in [4.69, 9.17) is 4.74 Å². The zero-order valence-electron chi connectivity index (χ0n) is 13.8. The number of amides is 1. The van der Waals surface area contributed by atoms with Gasteiger partial charge >= 0.3 is 0 Å². The van der Waals surface area contributed by atoms with E-state index in [0.29, 0.717) is 18.9 Å². The van der Waals surface area contributed by atoms with Gasteiger partial charge in [-0.15, -0.1) is 0 Å². The summed E-state index contributed by atoms with van der Waals surface area (Å²) in [7, 11) is 0.197. The molecule has 0 aliphatic rings. The Kier molecular flexibility index (Phi) is 8.01. The molecule has 1 amide bonds. The van der Waals surface area contributed by atoms with Gasteiger partial charge in [0.25, 0.3) is 0 Å². The molecule has 23 heavy (non-hydrogen) atoms. The summed E-state index contributed by atoms with van der Waals surface area (Å²) >= 11 is 0. The van der Waals surface area contributed by atoms with Crippen molar-refractivity contribution in [2.75, 3.05) is 40.3 Å². The Hall–Kier alpha value is -1.64. The van der Waals surface area contributed by atoms with Gasteiger partial charge in [0.1, 0.15) is 5.75 Å². The van der Waals surface area contributed by atoms with E-state index in [9.17, 15) is 13.2 Å². The van der Waals surface area contributed by atoms with Crippen LogP contribution in [0.3, 0.4) is 0 Å². The zero-order valence-corrected chi connectivity index (χ0v) is 14.6. The van der Waals surface area contributed by atoms with Crippen LogP contribution in [0, 0.1) is 0 Å². The summed E-state index contributed by atoms with van der Waals surface area (Å²) in [5, 5.41) is 2.68. The first-order valence-electron chi connectivity index (χ1n) is 7.49. The van der Waals surface area contributed by atoms with Gasteiger partial charge in [0.2, 0.25) is 15.9 Å². The quantitative estimate of drug-likeness (QED) is 0.602. The second-order valence-corrected chi connectivity index (χ2v) is 7.00. The second kappa shape index (κ2) is 9.49. The molecule has 0 fully saturated rings. The third-order valence-electron chi connectivity index (χ3n) is 2.97. The number of carbonyl (C=O) groups is 1. The van der Waals surface area contributed by atoms with Gasteiger partial charge in [0, 0.05) is 6.54 Å². The molecule has 0 unspecified atom stereocenters. The first-order valence-corrected chi connectivity index (χ1v) is 8.97. The summed E-state index contributed by atoms with van der Waals surface area (Å²) in [5.41, 5.74) is 0. The minimum absolute atomic E-state index is 0.0985. The van der Waals surface area contributed by atoms with Gasteiger partial charge in [-0.1, -0.05) is 0 Å². The fraction of sp³-hybridized carbons (Fsp3) is 0.533. The standard InChI is InChI=1S/C15H25N3O4S/c1-4-22-13-6-8-14(9-7-13)23(20,21)17-12-15(19)16-10-5-11-18(2)3/h6-9,17H,4-5,10-12H2,1-3H3,(H,16,19). The summed E-state index contributed by atoms with van der Waals surface area (Å²) in [6.45, 7) is 3.46. The third kappa shape index (κ3) is 7.45. The Bertz CT molecular complexity index is 585. The van der Waals surface area contributed by atoms with E-state index in [1.807, 2.05) is 25.9 Å². The van der Waals surface area contributed by atoms with Crippen molar-refractivity contribution in [1.29, 1.82) is 0 Å². The summed E-state index contributed by atoms with van der Waals surface area (Å²) in [6, 6.07) is 6.06. The van der Waals surface area contributed by atoms with Gasteiger partial charge in [0.05, 0.1) is 18.0 Å². The maximum Gasteiger partial charge on any atom is 0.241 e. The lowest BCUT2D eigenvalue weighted by molar-refractivity contribution is -0.119. The van der Waals surface area contributed by atoms with Crippen LogP contribution >= 0.6 is 0 Å². The van der Waals surface area contributed by atoms with Gasteiger partial charge in [0.15, 0.2) is 0 Å². The van der Waals surface area contributed by atoms with E-state index in [-0.39, 0.29) is 17.3 Å². The molecule has 0 aliphatic carbocycles. The summed E-state index contributed by atoms with van der Waals surface area (Å²) in [5.74, 6) is 0.253. The molecule has 8 heteroatoms. The molecule has 130 valence electrons. The monoisotopic (exact) mass is 343 g/mol. The molecular formula is C15H25N3O4S. The first kappa shape index (κ1) is 19.4. The molecule has 0 heterocycles. The highest BCUT2D eigenvalue weighted by molar-refractivity contribution is 7.89. The van der Waals surface area contributed by atoms with E-state index < -0.39 is 10.0 Å². The van der Waals surface area contributed by atoms with E-state index >= 15 is 0 Å². The van der Waals surface area contributed by atoms with Crippen LogP contribution in [0.15, 0.2) is 29.2 Å². The fourth-order valence-corrected chi connectivity index (χ4v) is 2.79. The molecule has 0 saturated heterocycles. The molecule has 0 saturated carbocycles. The minimum atomic E-state index is -3.71. The Labute approximate surface area is 138 Å². The fourth-order valence-electron chi connectivity index (χ4n) is 1.81. The average molecular weight is 343 g/mol. The van der Waals surface area contributed by atoms with Crippen molar-refractivity contribution in [2.24, 2.45) is 0 Å². The van der Waals surface area contributed by atoms with Gasteiger partial charge in [-0.05, 0) is 58.3 Å². The first-order chi connectivity index (χ1) is 10.8. The number of nitrogens with one attached hydrogen (secondary N) is 2. The lowest BCUT2D eigenvalue weighted by atomic mass is 10.3. The second-order valence-electron chi connectivity index (χ2n) is 5.24. The van der Waals surface area contributed by atoms with Crippen molar-refractivity contribution < 1.29 is 17.9 Å². The smallest absolute Gasteiger partial charge is 0.241 e. The predicted molar refractivity (Wildman–Crippen MR) is 89.0 cm³/mol. The largest absolute Gasteiger partial charge is 0.494 e. The SMILES string of the molecule is CCOc1ccc(S(=O)(=O)NCC(=O)NCCCN(C)C)cc1. The highest BCUT2D eigenvalue weighted by atomic mass is 32.2. The maximum absolute atomic E-state index is 12.1. The molecule has 1 rings (SSSR count). The number of rotatable bonds is 10. The lowest BCUT2D eigenvalue weighted by Crippen LogP contribution is -2.37. The van der Waals surface area contributed by atoms with Crippen LogP contribution in [0.4, 0.5) is 0 Å². The Morgan fingerprint density at radius 3 is 2.43 bits per heavy atom. The van der Waals surface area contributed by atoms with E-state index in [2.05, 4.69) is 10.0 Å². The van der Waals surface area contributed by atoms with Crippen LogP contribution in [-0.4, -0.2) is 59.6 Å². The summed E-state index contributed by atoms with van der Waals surface area (Å²) in [6.07, 6.45) is 0.810. The molecule has 1 aromatic carbocycles. The average Bonchev–Trinajstić information content (AvgIpc) is 2.50. The van der Waals surface area contributed by atoms with Crippen molar-refractivity contribution in [1.82, 2.24) is 14.9 Å². The van der Waals surface area contributed by atoms with Gasteiger partial charge in [-0.3, -0.25) is 4.79 Å². The predicted octanol–water partition coefficient (Wildman–Crippen LogP) is 0.432. The maximum atomic E-state index is 12.1. The van der Waals surface area contributed by atoms with Gasteiger partial charge in [-0.25, -0.2) is 13.1 Å². The summed E-state index contributed by atoms with van der Waals surface area (Å²) < 4.78 is 31.7. The number of sulfonamides is 1. The van der Waals surface area contributed by atoms with Gasteiger partial charge < -0.3 is 15.0 Å². The molecule has 2 N–H and O–H groups in total. The third-order valence-corrected chi connectivity index (χ3v) is 4.39. The molecule has 1 aromatic rings. The van der Waals surface area contributed by atoms with Crippen molar-refractivity contribution in [2.45, 2.75) is 18.2 Å². The number of nitrogens with zero attached hydrogens (tertiary/aromatic N) is 1. The van der Waals surface area contributed by atoms with Crippen LogP contribution in [0.2, 0.25) is 0 Å².